The fraction of sp³-hybridized carbons (Fsp3) is 0.500. The molecule has 1 aliphatic rings. The van der Waals surface area contributed by atoms with Gasteiger partial charge in [0.1, 0.15) is 0 Å². The predicted octanol–water partition coefficient (Wildman–Crippen LogP) is 2.38. The molecule has 0 fully saturated rings. The van der Waals surface area contributed by atoms with E-state index in [0.717, 1.165) is 0 Å². The minimum absolute atomic E-state index is 0.676. The Balaban J connectivity index is 2.69. The Bertz CT molecular complexity index is 131. The van der Waals surface area contributed by atoms with Gasteiger partial charge in [-0.2, -0.15) is 0 Å². The molecule has 0 N–H and O–H groups in total. The average molecular weight is 108 g/mol. The van der Waals surface area contributed by atoms with Gasteiger partial charge in [-0.25, -0.2) is 0 Å². The molecule has 0 aliphatic heterocycles. The quantitative estimate of drug-likeness (QED) is 0.447. The van der Waals surface area contributed by atoms with E-state index in [9.17, 15) is 0 Å². The molecule has 0 bridgehead atoms. The first-order chi connectivity index (χ1) is 3.72. The van der Waals surface area contributed by atoms with Crippen molar-refractivity contribution in [3.63, 3.8) is 0 Å². The average Bonchev–Trinajstić information content (AvgIpc) is 1.98. The van der Waals surface area contributed by atoms with Gasteiger partial charge in [0.25, 0.3) is 0 Å². The molecule has 0 spiro atoms. The van der Waals surface area contributed by atoms with Gasteiger partial charge in [0.05, 0.1) is 0 Å². The highest BCUT2D eigenvalue weighted by atomic mass is 14.2. The van der Waals surface area contributed by atoms with E-state index in [4.69, 9.17) is 0 Å². The van der Waals surface area contributed by atoms with Crippen molar-refractivity contribution >= 4 is 0 Å². The van der Waals surface area contributed by atoms with E-state index in [0.29, 0.717) is 11.8 Å². The zero-order chi connectivity index (χ0) is 6.15. The maximum Gasteiger partial charge on any atom is -0.0136 e. The molecule has 2 atom stereocenters. The van der Waals surface area contributed by atoms with Gasteiger partial charge in [-0.05, 0) is 11.8 Å². The molecule has 0 nitrogen and oxygen atoms in total. The van der Waals surface area contributed by atoms with E-state index in [1.54, 1.807) is 0 Å². The lowest BCUT2D eigenvalue weighted by molar-refractivity contribution is 0.565. The second-order valence-electron chi connectivity index (χ2n) is 2.58. The lowest BCUT2D eigenvalue weighted by Crippen LogP contribution is -1.98. The second kappa shape index (κ2) is 1.77. The highest BCUT2D eigenvalue weighted by molar-refractivity contribution is 5.25. The fourth-order valence-electron chi connectivity index (χ4n) is 0.931. The summed E-state index contributed by atoms with van der Waals surface area (Å²) in [5, 5.41) is 0. The normalized spacial score (nSPS) is 36.5. The van der Waals surface area contributed by atoms with Crippen molar-refractivity contribution in [1.29, 1.82) is 0 Å². The first-order valence-electron chi connectivity index (χ1n) is 3.09. The lowest BCUT2D eigenvalue weighted by atomic mass is 9.97. The molecule has 0 heteroatoms. The summed E-state index contributed by atoms with van der Waals surface area (Å²) in [5.41, 5.74) is 1.28. The standard InChI is InChI=1S/C8H12/c1-6-4-5-7(2)8(6)3/h4-5,7-8H,1H2,2-3H3/t7-,8?/m0/s1. The van der Waals surface area contributed by atoms with Gasteiger partial charge in [0.2, 0.25) is 0 Å². The Labute approximate surface area is 50.9 Å². The minimum Gasteiger partial charge on any atom is -0.0955 e. The summed E-state index contributed by atoms with van der Waals surface area (Å²) in [6.07, 6.45) is 4.34. The van der Waals surface area contributed by atoms with Crippen LogP contribution in [0.4, 0.5) is 0 Å². The molecule has 0 radical (unpaired) electrons. The van der Waals surface area contributed by atoms with E-state index in [1.807, 2.05) is 0 Å². The SMILES string of the molecule is C=C1C=C[C@H](C)C1C. The lowest BCUT2D eigenvalue weighted by Gasteiger charge is -2.07. The monoisotopic (exact) mass is 108 g/mol. The fourth-order valence-corrected chi connectivity index (χ4v) is 0.931. The molecule has 1 aliphatic carbocycles. The summed E-state index contributed by atoms with van der Waals surface area (Å²) in [6.45, 7) is 8.34. The third-order valence-electron chi connectivity index (χ3n) is 1.99. The van der Waals surface area contributed by atoms with Crippen molar-refractivity contribution in [3.8, 4) is 0 Å². The van der Waals surface area contributed by atoms with E-state index in [2.05, 4.69) is 32.6 Å². The van der Waals surface area contributed by atoms with Crippen LogP contribution in [0.1, 0.15) is 13.8 Å². The molecular formula is C8H12. The summed E-state index contributed by atoms with van der Waals surface area (Å²) >= 11 is 0. The second-order valence-corrected chi connectivity index (χ2v) is 2.58. The van der Waals surface area contributed by atoms with Crippen molar-refractivity contribution in [2.24, 2.45) is 11.8 Å². The van der Waals surface area contributed by atoms with Gasteiger partial charge in [-0.1, -0.05) is 38.2 Å². The van der Waals surface area contributed by atoms with Gasteiger partial charge >= 0.3 is 0 Å². The Morgan fingerprint density at radius 2 is 2.12 bits per heavy atom. The van der Waals surface area contributed by atoms with Crippen LogP contribution in [0, 0.1) is 11.8 Å². The molecular weight excluding hydrogens is 96.1 g/mol. The van der Waals surface area contributed by atoms with E-state index in [1.165, 1.54) is 5.57 Å². The maximum absolute atomic E-state index is 3.90. The van der Waals surface area contributed by atoms with Crippen LogP contribution >= 0.6 is 0 Å². The molecule has 0 aromatic heterocycles. The van der Waals surface area contributed by atoms with Crippen LogP contribution in [0.5, 0.6) is 0 Å². The molecule has 0 amide bonds. The highest BCUT2D eigenvalue weighted by Gasteiger charge is 2.15. The van der Waals surface area contributed by atoms with Gasteiger partial charge in [-0.15, -0.1) is 0 Å². The largest absolute Gasteiger partial charge is 0.0955 e. The predicted molar refractivity (Wildman–Crippen MR) is 36.6 cm³/mol. The summed E-state index contributed by atoms with van der Waals surface area (Å²) in [5.74, 6) is 1.39. The molecule has 0 heterocycles. The maximum atomic E-state index is 3.90. The zero-order valence-corrected chi connectivity index (χ0v) is 5.52. The van der Waals surface area contributed by atoms with Gasteiger partial charge in [0, 0.05) is 0 Å². The molecule has 1 unspecified atom stereocenters. The van der Waals surface area contributed by atoms with Gasteiger partial charge in [-0.3, -0.25) is 0 Å². The van der Waals surface area contributed by atoms with Crippen LogP contribution in [0.3, 0.4) is 0 Å². The molecule has 8 heavy (non-hydrogen) atoms. The summed E-state index contributed by atoms with van der Waals surface area (Å²) in [4.78, 5) is 0. The van der Waals surface area contributed by atoms with Crippen LogP contribution in [0.15, 0.2) is 24.3 Å². The Hall–Kier alpha value is -0.520. The molecule has 0 aromatic carbocycles. The van der Waals surface area contributed by atoms with E-state index < -0.39 is 0 Å². The summed E-state index contributed by atoms with van der Waals surface area (Å²) < 4.78 is 0. The molecule has 1 rings (SSSR count). The van der Waals surface area contributed by atoms with Crippen LogP contribution in [0.2, 0.25) is 0 Å². The number of rotatable bonds is 0. The molecule has 0 saturated heterocycles. The smallest absolute Gasteiger partial charge is 0.0136 e. The molecule has 44 valence electrons. The number of hydrogen-bond donors (Lipinski definition) is 0. The Kier molecular flexibility index (Phi) is 1.24. The number of allylic oxidation sites excluding steroid dienone is 3. The van der Waals surface area contributed by atoms with Crippen molar-refractivity contribution in [2.45, 2.75) is 13.8 Å². The summed E-state index contributed by atoms with van der Waals surface area (Å²) in [6, 6.07) is 0. The molecule has 0 saturated carbocycles. The van der Waals surface area contributed by atoms with Crippen molar-refractivity contribution in [2.75, 3.05) is 0 Å². The Morgan fingerprint density at radius 3 is 2.25 bits per heavy atom. The van der Waals surface area contributed by atoms with Crippen LogP contribution < -0.4 is 0 Å². The van der Waals surface area contributed by atoms with Crippen molar-refractivity contribution in [3.05, 3.63) is 24.3 Å². The Morgan fingerprint density at radius 1 is 1.50 bits per heavy atom. The van der Waals surface area contributed by atoms with Crippen molar-refractivity contribution in [1.82, 2.24) is 0 Å². The van der Waals surface area contributed by atoms with Gasteiger partial charge < -0.3 is 0 Å². The van der Waals surface area contributed by atoms with Crippen molar-refractivity contribution < 1.29 is 0 Å². The minimum atomic E-state index is 0.676. The topological polar surface area (TPSA) is 0 Å². The van der Waals surface area contributed by atoms with E-state index in [-0.39, 0.29) is 0 Å². The first kappa shape index (κ1) is 5.61. The third-order valence-corrected chi connectivity index (χ3v) is 1.99. The first-order valence-corrected chi connectivity index (χ1v) is 3.09. The zero-order valence-electron chi connectivity index (χ0n) is 5.52. The van der Waals surface area contributed by atoms with Gasteiger partial charge in [0.15, 0.2) is 0 Å². The highest BCUT2D eigenvalue weighted by Crippen LogP contribution is 2.27. The van der Waals surface area contributed by atoms with Crippen LogP contribution in [0.25, 0.3) is 0 Å². The van der Waals surface area contributed by atoms with Crippen LogP contribution in [-0.2, 0) is 0 Å². The third kappa shape index (κ3) is 0.706. The molecule has 0 aromatic rings. The number of hydrogen-bond acceptors (Lipinski definition) is 0. The summed E-state index contributed by atoms with van der Waals surface area (Å²) in [7, 11) is 0. The van der Waals surface area contributed by atoms with Crippen LogP contribution in [-0.4, -0.2) is 0 Å². The van der Waals surface area contributed by atoms with E-state index >= 15 is 0 Å².